The fraction of sp³-hybridized carbons (Fsp3) is 0.278. The zero-order valence-electron chi connectivity index (χ0n) is 14.6. The van der Waals surface area contributed by atoms with Gasteiger partial charge in [-0.1, -0.05) is 18.2 Å². The molecule has 0 saturated carbocycles. The van der Waals surface area contributed by atoms with Crippen molar-refractivity contribution in [2.24, 2.45) is 0 Å². The highest BCUT2D eigenvalue weighted by Crippen LogP contribution is 2.24. The number of hydrogen-bond acceptors (Lipinski definition) is 4. The molecular formula is C18H17F3N2O3S2. The summed E-state index contributed by atoms with van der Waals surface area (Å²) >= 11 is 1.38. The van der Waals surface area contributed by atoms with E-state index in [4.69, 9.17) is 0 Å². The number of sulfonamides is 1. The molecular weight excluding hydrogens is 413 g/mol. The molecule has 1 saturated heterocycles. The van der Waals surface area contributed by atoms with E-state index < -0.39 is 32.4 Å². The van der Waals surface area contributed by atoms with Crippen LogP contribution in [0.5, 0.6) is 0 Å². The molecule has 2 aromatic carbocycles. The Morgan fingerprint density at radius 3 is 2.21 bits per heavy atom. The van der Waals surface area contributed by atoms with Gasteiger partial charge in [0.25, 0.3) is 0 Å². The topological polar surface area (TPSA) is 57.7 Å². The second-order valence-electron chi connectivity index (χ2n) is 6.06. The quantitative estimate of drug-likeness (QED) is 0.541. The van der Waals surface area contributed by atoms with Gasteiger partial charge in [-0.15, -0.1) is 11.8 Å². The number of piperazine rings is 1. The van der Waals surface area contributed by atoms with Gasteiger partial charge in [0.1, 0.15) is 4.90 Å². The van der Waals surface area contributed by atoms with E-state index in [1.54, 1.807) is 0 Å². The van der Waals surface area contributed by atoms with Crippen LogP contribution in [0.25, 0.3) is 0 Å². The number of thioether (sulfide) groups is 1. The van der Waals surface area contributed by atoms with Crippen molar-refractivity contribution in [3.05, 3.63) is 59.9 Å². The Labute approximate surface area is 165 Å². The summed E-state index contributed by atoms with van der Waals surface area (Å²) < 4.78 is 66.4. The Kier molecular flexibility index (Phi) is 6.31. The molecule has 0 bridgehead atoms. The standard InChI is InChI=1S/C18H17F3N2O3S2/c19-14-6-7-15(18(21)17(14)20)28(25,26)23-10-8-22(9-11-23)16(24)12-27-13-4-2-1-3-5-13/h1-7H,8-12H2. The summed E-state index contributed by atoms with van der Waals surface area (Å²) in [6.45, 7) is 0.169. The SMILES string of the molecule is O=C(CSc1ccccc1)N1CCN(S(=O)(=O)c2ccc(F)c(F)c2F)CC1. The summed E-state index contributed by atoms with van der Waals surface area (Å²) in [5.74, 6) is -4.94. The summed E-state index contributed by atoms with van der Waals surface area (Å²) in [4.78, 5) is 13.9. The fourth-order valence-corrected chi connectivity index (χ4v) is 5.08. The zero-order chi connectivity index (χ0) is 20.3. The van der Waals surface area contributed by atoms with Crippen molar-refractivity contribution in [2.45, 2.75) is 9.79 Å². The maximum atomic E-state index is 13.9. The number of amides is 1. The second kappa shape index (κ2) is 8.54. The summed E-state index contributed by atoms with van der Waals surface area (Å²) in [7, 11) is -4.33. The van der Waals surface area contributed by atoms with Crippen LogP contribution in [-0.2, 0) is 14.8 Å². The van der Waals surface area contributed by atoms with Gasteiger partial charge in [0.05, 0.1) is 5.75 Å². The number of benzene rings is 2. The number of hydrogen-bond donors (Lipinski definition) is 0. The smallest absolute Gasteiger partial charge is 0.246 e. The van der Waals surface area contributed by atoms with E-state index in [1.807, 2.05) is 30.3 Å². The number of halogens is 3. The molecule has 0 aliphatic carbocycles. The molecule has 0 atom stereocenters. The number of nitrogens with zero attached hydrogens (tertiary/aromatic N) is 2. The first kappa shape index (κ1) is 20.7. The predicted octanol–water partition coefficient (Wildman–Crippen LogP) is 2.73. The zero-order valence-corrected chi connectivity index (χ0v) is 16.3. The van der Waals surface area contributed by atoms with Crippen LogP contribution in [0.15, 0.2) is 52.3 Å². The highest BCUT2D eigenvalue weighted by atomic mass is 32.2. The van der Waals surface area contributed by atoms with Crippen LogP contribution in [-0.4, -0.2) is 55.5 Å². The molecule has 0 spiro atoms. The third-order valence-corrected chi connectivity index (χ3v) is 7.23. The molecule has 5 nitrogen and oxygen atoms in total. The van der Waals surface area contributed by atoms with Crippen LogP contribution >= 0.6 is 11.8 Å². The van der Waals surface area contributed by atoms with Crippen molar-refractivity contribution in [1.82, 2.24) is 9.21 Å². The van der Waals surface area contributed by atoms with Gasteiger partial charge < -0.3 is 4.90 Å². The van der Waals surface area contributed by atoms with Crippen molar-refractivity contribution >= 4 is 27.7 Å². The number of rotatable bonds is 5. The molecule has 0 radical (unpaired) electrons. The monoisotopic (exact) mass is 430 g/mol. The van der Waals surface area contributed by atoms with E-state index in [0.717, 1.165) is 9.20 Å². The largest absolute Gasteiger partial charge is 0.339 e. The molecule has 3 rings (SSSR count). The first-order valence-electron chi connectivity index (χ1n) is 8.40. The van der Waals surface area contributed by atoms with E-state index >= 15 is 0 Å². The third-order valence-electron chi connectivity index (χ3n) is 4.31. The van der Waals surface area contributed by atoms with Crippen molar-refractivity contribution < 1.29 is 26.4 Å². The van der Waals surface area contributed by atoms with Crippen molar-refractivity contribution in [3.63, 3.8) is 0 Å². The minimum absolute atomic E-state index is 0.0531. The average Bonchev–Trinajstić information content (AvgIpc) is 2.71. The maximum Gasteiger partial charge on any atom is 0.246 e. The van der Waals surface area contributed by atoms with Gasteiger partial charge in [0, 0.05) is 31.1 Å². The van der Waals surface area contributed by atoms with E-state index in [0.29, 0.717) is 12.1 Å². The van der Waals surface area contributed by atoms with Crippen LogP contribution < -0.4 is 0 Å². The lowest BCUT2D eigenvalue weighted by molar-refractivity contribution is -0.129. The van der Waals surface area contributed by atoms with Gasteiger partial charge in [0.15, 0.2) is 17.5 Å². The lowest BCUT2D eigenvalue weighted by Gasteiger charge is -2.34. The van der Waals surface area contributed by atoms with E-state index in [9.17, 15) is 26.4 Å². The highest BCUT2D eigenvalue weighted by molar-refractivity contribution is 8.00. The molecule has 1 amide bonds. The van der Waals surface area contributed by atoms with Crippen LogP contribution in [0.3, 0.4) is 0 Å². The predicted molar refractivity (Wildman–Crippen MR) is 98.8 cm³/mol. The first-order valence-corrected chi connectivity index (χ1v) is 10.8. The third kappa shape index (κ3) is 4.34. The minimum Gasteiger partial charge on any atom is -0.339 e. The molecule has 1 aliphatic rings. The Morgan fingerprint density at radius 2 is 1.57 bits per heavy atom. The van der Waals surface area contributed by atoms with Crippen LogP contribution in [0.4, 0.5) is 13.2 Å². The van der Waals surface area contributed by atoms with Gasteiger partial charge in [-0.3, -0.25) is 4.79 Å². The lowest BCUT2D eigenvalue weighted by atomic mass is 10.3. The minimum atomic E-state index is -4.33. The van der Waals surface area contributed by atoms with Crippen molar-refractivity contribution in [2.75, 3.05) is 31.9 Å². The first-order chi connectivity index (χ1) is 13.3. The fourth-order valence-electron chi connectivity index (χ4n) is 2.78. The summed E-state index contributed by atoms with van der Waals surface area (Å²) in [6, 6.07) is 10.7. The summed E-state index contributed by atoms with van der Waals surface area (Å²) in [5.41, 5.74) is 0. The molecule has 2 aromatic rings. The van der Waals surface area contributed by atoms with Crippen LogP contribution in [0.1, 0.15) is 0 Å². The van der Waals surface area contributed by atoms with Gasteiger partial charge in [-0.05, 0) is 24.3 Å². The molecule has 28 heavy (non-hydrogen) atoms. The highest BCUT2D eigenvalue weighted by Gasteiger charge is 2.33. The normalized spacial score (nSPS) is 15.6. The molecule has 1 heterocycles. The second-order valence-corrected chi connectivity index (χ2v) is 9.02. The molecule has 1 aliphatic heterocycles. The van der Waals surface area contributed by atoms with Crippen LogP contribution in [0, 0.1) is 17.5 Å². The van der Waals surface area contributed by atoms with Gasteiger partial charge in [-0.25, -0.2) is 21.6 Å². The van der Waals surface area contributed by atoms with Gasteiger partial charge in [0.2, 0.25) is 15.9 Å². The summed E-state index contributed by atoms with van der Waals surface area (Å²) in [5, 5.41) is 0. The van der Waals surface area contributed by atoms with Gasteiger partial charge in [-0.2, -0.15) is 4.31 Å². The van der Waals surface area contributed by atoms with Gasteiger partial charge >= 0.3 is 0 Å². The van der Waals surface area contributed by atoms with E-state index in [-0.39, 0.29) is 37.8 Å². The molecule has 0 unspecified atom stereocenters. The number of carbonyl (C=O) groups excluding carboxylic acids is 1. The Hall–Kier alpha value is -2.04. The summed E-state index contributed by atoms with van der Waals surface area (Å²) in [6.07, 6.45) is 0. The Bertz CT molecular complexity index is 964. The van der Waals surface area contributed by atoms with E-state index in [2.05, 4.69) is 0 Å². The molecule has 1 fully saturated rings. The van der Waals surface area contributed by atoms with E-state index in [1.165, 1.54) is 16.7 Å². The Balaban J connectivity index is 1.61. The van der Waals surface area contributed by atoms with Crippen LogP contribution in [0.2, 0.25) is 0 Å². The Morgan fingerprint density at radius 1 is 0.929 bits per heavy atom. The molecule has 0 N–H and O–H groups in total. The molecule has 150 valence electrons. The maximum absolute atomic E-state index is 13.9. The van der Waals surface area contributed by atoms with Crippen molar-refractivity contribution in [1.29, 1.82) is 0 Å². The van der Waals surface area contributed by atoms with Crippen molar-refractivity contribution in [3.8, 4) is 0 Å². The average molecular weight is 430 g/mol. The lowest BCUT2D eigenvalue weighted by Crippen LogP contribution is -2.51. The molecule has 10 heteroatoms. The molecule has 0 aromatic heterocycles. The number of carbonyl (C=O) groups is 1.